The zero-order valence-electron chi connectivity index (χ0n) is 15.7. The molecule has 5 rings (SSSR count). The van der Waals surface area contributed by atoms with Crippen molar-refractivity contribution in [2.24, 2.45) is 0 Å². The van der Waals surface area contributed by atoms with Gasteiger partial charge in [0.15, 0.2) is 5.76 Å². The van der Waals surface area contributed by atoms with Crippen LogP contribution in [0.1, 0.15) is 40.6 Å². The molecule has 1 unspecified atom stereocenters. The molecule has 3 heterocycles. The summed E-state index contributed by atoms with van der Waals surface area (Å²) >= 11 is 0. The van der Waals surface area contributed by atoms with Crippen LogP contribution in [-0.2, 0) is 11.2 Å². The van der Waals surface area contributed by atoms with E-state index in [0.29, 0.717) is 31.9 Å². The maximum absolute atomic E-state index is 13.3. The van der Waals surface area contributed by atoms with Crippen LogP contribution in [0.25, 0.3) is 10.9 Å². The van der Waals surface area contributed by atoms with E-state index in [4.69, 9.17) is 4.42 Å². The Hall–Kier alpha value is -3.02. The number of benzene rings is 1. The molecular weight excluding hydrogens is 354 g/mol. The molecule has 1 saturated heterocycles. The van der Waals surface area contributed by atoms with Crippen molar-refractivity contribution in [2.75, 3.05) is 26.2 Å². The highest BCUT2D eigenvalue weighted by Crippen LogP contribution is 2.37. The fraction of sp³-hybridized carbons (Fsp3) is 0.364. The molecule has 6 nitrogen and oxygen atoms in total. The summed E-state index contributed by atoms with van der Waals surface area (Å²) in [5.41, 5.74) is 3.50. The van der Waals surface area contributed by atoms with Crippen LogP contribution in [0.2, 0.25) is 0 Å². The molecule has 28 heavy (non-hydrogen) atoms. The molecule has 0 radical (unpaired) electrons. The predicted octanol–water partition coefficient (Wildman–Crippen LogP) is 3.17. The predicted molar refractivity (Wildman–Crippen MR) is 105 cm³/mol. The summed E-state index contributed by atoms with van der Waals surface area (Å²) in [6.07, 6.45) is 4.44. The Bertz CT molecular complexity index is 1010. The second kappa shape index (κ2) is 6.86. The van der Waals surface area contributed by atoms with Gasteiger partial charge in [-0.25, -0.2) is 0 Å². The van der Waals surface area contributed by atoms with E-state index >= 15 is 0 Å². The second-order valence-corrected chi connectivity index (χ2v) is 7.60. The first-order valence-corrected chi connectivity index (χ1v) is 9.93. The Morgan fingerprint density at radius 1 is 1.00 bits per heavy atom. The maximum atomic E-state index is 13.3. The third-order valence-electron chi connectivity index (χ3n) is 6.02. The third-order valence-corrected chi connectivity index (χ3v) is 6.02. The van der Waals surface area contributed by atoms with E-state index in [1.54, 1.807) is 17.0 Å². The molecule has 144 valence electrons. The number of hydrogen-bond donors (Lipinski definition) is 1. The first-order chi connectivity index (χ1) is 13.7. The van der Waals surface area contributed by atoms with E-state index in [0.717, 1.165) is 30.5 Å². The van der Waals surface area contributed by atoms with Crippen LogP contribution in [-0.4, -0.2) is 52.8 Å². The van der Waals surface area contributed by atoms with Crippen molar-refractivity contribution in [3.05, 3.63) is 59.7 Å². The summed E-state index contributed by atoms with van der Waals surface area (Å²) in [6, 6.07) is 11.7. The van der Waals surface area contributed by atoms with Gasteiger partial charge < -0.3 is 19.2 Å². The van der Waals surface area contributed by atoms with Crippen LogP contribution in [0.4, 0.5) is 0 Å². The van der Waals surface area contributed by atoms with E-state index in [1.807, 2.05) is 11.0 Å². The van der Waals surface area contributed by atoms with Gasteiger partial charge in [0.2, 0.25) is 5.91 Å². The van der Waals surface area contributed by atoms with Gasteiger partial charge in [0, 0.05) is 42.8 Å². The number of nitrogens with zero attached hydrogens (tertiary/aromatic N) is 2. The minimum Gasteiger partial charge on any atom is -0.459 e. The summed E-state index contributed by atoms with van der Waals surface area (Å²) in [5.74, 6) is 0.323. The number of furan rings is 1. The van der Waals surface area contributed by atoms with Gasteiger partial charge in [-0.2, -0.15) is 0 Å². The van der Waals surface area contributed by atoms with E-state index in [-0.39, 0.29) is 17.7 Å². The molecule has 3 aromatic rings. The van der Waals surface area contributed by atoms with Crippen LogP contribution >= 0.6 is 0 Å². The Labute approximate surface area is 163 Å². The number of fused-ring (bicyclic) bond motifs is 3. The highest BCUT2D eigenvalue weighted by molar-refractivity contribution is 5.92. The van der Waals surface area contributed by atoms with E-state index in [2.05, 4.69) is 23.2 Å². The zero-order chi connectivity index (χ0) is 19.1. The lowest BCUT2D eigenvalue weighted by Gasteiger charge is -2.36. The number of aromatic amines is 1. The average Bonchev–Trinajstić information content (AvgIpc) is 3.40. The van der Waals surface area contributed by atoms with Gasteiger partial charge in [0.05, 0.1) is 12.2 Å². The zero-order valence-corrected chi connectivity index (χ0v) is 15.7. The molecule has 2 amide bonds. The standard InChI is InChI=1S/C22H23N3O3/c26-21(24-10-12-25(13-11-24)22(27)19-9-4-14-28-19)17-7-3-6-16-15-5-1-2-8-18(15)23-20(16)17/h1-2,4-5,8-9,14,17,23H,3,6-7,10-13H2. The van der Waals surface area contributed by atoms with Gasteiger partial charge in [-0.15, -0.1) is 0 Å². The first-order valence-electron chi connectivity index (χ1n) is 9.93. The molecule has 1 aliphatic carbocycles. The van der Waals surface area contributed by atoms with Crippen molar-refractivity contribution in [3.8, 4) is 0 Å². The molecule has 1 aliphatic heterocycles. The summed E-state index contributed by atoms with van der Waals surface area (Å²) < 4.78 is 5.21. The van der Waals surface area contributed by atoms with Crippen molar-refractivity contribution in [3.63, 3.8) is 0 Å². The van der Waals surface area contributed by atoms with Gasteiger partial charge >= 0.3 is 0 Å². The molecule has 6 heteroatoms. The largest absolute Gasteiger partial charge is 0.459 e. The lowest BCUT2D eigenvalue weighted by molar-refractivity contribution is -0.134. The Kier molecular flexibility index (Phi) is 4.19. The van der Waals surface area contributed by atoms with Crippen LogP contribution in [0.3, 0.4) is 0 Å². The number of H-pyrrole nitrogens is 1. The van der Waals surface area contributed by atoms with Crippen molar-refractivity contribution < 1.29 is 14.0 Å². The summed E-state index contributed by atoms with van der Waals surface area (Å²) in [5, 5.41) is 1.24. The van der Waals surface area contributed by atoms with Gasteiger partial charge in [0.25, 0.3) is 5.91 Å². The Morgan fingerprint density at radius 2 is 1.79 bits per heavy atom. The Morgan fingerprint density at radius 3 is 2.57 bits per heavy atom. The van der Waals surface area contributed by atoms with E-state index in [9.17, 15) is 9.59 Å². The van der Waals surface area contributed by atoms with Crippen LogP contribution in [0.5, 0.6) is 0 Å². The molecule has 0 bridgehead atoms. The van der Waals surface area contributed by atoms with Gasteiger partial charge in [-0.05, 0) is 43.0 Å². The second-order valence-electron chi connectivity index (χ2n) is 7.60. The molecule has 2 aromatic heterocycles. The number of amides is 2. The number of carbonyl (C=O) groups is 2. The van der Waals surface area contributed by atoms with E-state index in [1.165, 1.54) is 17.2 Å². The van der Waals surface area contributed by atoms with E-state index < -0.39 is 0 Å². The monoisotopic (exact) mass is 377 g/mol. The van der Waals surface area contributed by atoms with Crippen molar-refractivity contribution >= 4 is 22.7 Å². The highest BCUT2D eigenvalue weighted by Gasteiger charge is 2.34. The minimum absolute atomic E-state index is 0.104. The van der Waals surface area contributed by atoms with Crippen molar-refractivity contribution in [1.82, 2.24) is 14.8 Å². The lowest BCUT2D eigenvalue weighted by Crippen LogP contribution is -2.51. The lowest BCUT2D eigenvalue weighted by atomic mass is 9.85. The fourth-order valence-electron chi connectivity index (χ4n) is 4.57. The van der Waals surface area contributed by atoms with Gasteiger partial charge in [0.1, 0.15) is 0 Å². The SMILES string of the molecule is O=C(c1ccco1)N1CCN(C(=O)C2CCCc3c2[nH]c2ccccc32)CC1. The van der Waals surface area contributed by atoms with Crippen LogP contribution in [0, 0.1) is 0 Å². The normalized spacial score (nSPS) is 19.6. The third kappa shape index (κ3) is 2.80. The van der Waals surface area contributed by atoms with Crippen LogP contribution < -0.4 is 0 Å². The number of hydrogen-bond acceptors (Lipinski definition) is 3. The summed E-state index contributed by atoms with van der Waals surface area (Å²) in [6.45, 7) is 2.21. The molecule has 0 saturated carbocycles. The number of aryl methyl sites for hydroxylation is 1. The molecule has 0 spiro atoms. The topological polar surface area (TPSA) is 69.6 Å². The molecule has 1 N–H and O–H groups in total. The quantitative estimate of drug-likeness (QED) is 0.746. The Balaban J connectivity index is 1.31. The van der Waals surface area contributed by atoms with Crippen molar-refractivity contribution in [1.29, 1.82) is 0 Å². The van der Waals surface area contributed by atoms with Crippen molar-refractivity contribution in [2.45, 2.75) is 25.2 Å². The molecule has 1 atom stereocenters. The molecule has 1 fully saturated rings. The maximum Gasteiger partial charge on any atom is 0.289 e. The number of nitrogens with one attached hydrogen (secondary N) is 1. The summed E-state index contributed by atoms with van der Waals surface area (Å²) in [4.78, 5) is 32.9. The van der Waals surface area contributed by atoms with Gasteiger partial charge in [-0.3, -0.25) is 9.59 Å². The average molecular weight is 377 g/mol. The number of piperazine rings is 1. The molecule has 1 aromatic carbocycles. The van der Waals surface area contributed by atoms with Gasteiger partial charge in [-0.1, -0.05) is 18.2 Å². The molecule has 2 aliphatic rings. The van der Waals surface area contributed by atoms with Crippen LogP contribution in [0.15, 0.2) is 47.1 Å². The number of carbonyl (C=O) groups excluding carboxylic acids is 2. The fourth-order valence-corrected chi connectivity index (χ4v) is 4.57. The smallest absolute Gasteiger partial charge is 0.289 e. The molecular formula is C22H23N3O3. The number of aromatic nitrogens is 1. The number of para-hydroxylation sites is 1. The first kappa shape index (κ1) is 17.1. The minimum atomic E-state index is -0.108. The number of rotatable bonds is 2. The summed E-state index contributed by atoms with van der Waals surface area (Å²) in [7, 11) is 0. The highest BCUT2D eigenvalue weighted by atomic mass is 16.3.